The number of hydrogen-bond donors (Lipinski definition) is 2. The second kappa shape index (κ2) is 10.4. The second-order valence-electron chi connectivity index (χ2n) is 7.69. The van der Waals surface area contributed by atoms with Gasteiger partial charge in [0.1, 0.15) is 11.5 Å². The molecule has 1 atom stereocenters. The van der Waals surface area contributed by atoms with E-state index in [2.05, 4.69) is 0 Å². The van der Waals surface area contributed by atoms with Gasteiger partial charge in [0.2, 0.25) is 10.0 Å². The van der Waals surface area contributed by atoms with Gasteiger partial charge in [-0.2, -0.15) is 4.31 Å². The number of phenolic OH excluding ortho intramolecular Hbond substituents is 1. The number of likely N-dealkylation sites (tertiary alicyclic amines) is 1. The highest BCUT2D eigenvalue weighted by Crippen LogP contribution is 2.39. The van der Waals surface area contributed by atoms with Crippen LogP contribution in [0, 0.1) is 0 Å². The lowest BCUT2D eigenvalue weighted by Gasteiger charge is -2.25. The normalized spacial score (nSPS) is 18.1. The standard InChI is InChI=1S/C24H28N2O7S/c1-4-25(5-2)34(31,32)19-12-8-17(9-13-19)22(28)20-21(16-6-10-18(27)11-7-16)26(14-15-33-3)24(30)23(20)29/h6-13,21,27-28H,4-5,14-15H2,1-3H3. The number of ketones is 1. The molecule has 0 aliphatic carbocycles. The summed E-state index contributed by atoms with van der Waals surface area (Å²) in [6, 6.07) is 10.6. The highest BCUT2D eigenvalue weighted by atomic mass is 32.2. The summed E-state index contributed by atoms with van der Waals surface area (Å²) in [6.45, 7) is 4.42. The molecular formula is C24H28N2O7S. The largest absolute Gasteiger partial charge is 0.508 e. The molecule has 2 N–H and O–H groups in total. The third kappa shape index (κ3) is 4.70. The first kappa shape index (κ1) is 25.4. The Morgan fingerprint density at radius 2 is 1.62 bits per heavy atom. The maximum atomic E-state index is 12.9. The number of phenols is 1. The van der Waals surface area contributed by atoms with Crippen molar-refractivity contribution in [1.29, 1.82) is 0 Å². The number of methoxy groups -OCH3 is 1. The molecule has 3 rings (SSSR count). The molecule has 1 fully saturated rings. The third-order valence-electron chi connectivity index (χ3n) is 5.76. The number of aliphatic hydroxyl groups is 1. The quantitative estimate of drug-likeness (QED) is 0.316. The van der Waals surface area contributed by atoms with E-state index in [1.54, 1.807) is 26.0 Å². The van der Waals surface area contributed by atoms with E-state index in [-0.39, 0.29) is 34.9 Å². The van der Waals surface area contributed by atoms with Crippen molar-refractivity contribution in [2.75, 3.05) is 33.4 Å². The number of sulfonamides is 1. The van der Waals surface area contributed by atoms with Crippen LogP contribution < -0.4 is 0 Å². The summed E-state index contributed by atoms with van der Waals surface area (Å²) < 4.78 is 31.9. The summed E-state index contributed by atoms with van der Waals surface area (Å²) in [7, 11) is -2.22. The van der Waals surface area contributed by atoms with Crippen molar-refractivity contribution >= 4 is 27.5 Å². The molecule has 1 aliphatic heterocycles. The van der Waals surface area contributed by atoms with Gasteiger partial charge in [0.15, 0.2) is 0 Å². The van der Waals surface area contributed by atoms with Crippen LogP contribution in [-0.2, 0) is 24.3 Å². The van der Waals surface area contributed by atoms with Crippen LogP contribution in [0.15, 0.2) is 59.0 Å². The number of aromatic hydroxyl groups is 1. The Labute approximate surface area is 198 Å². The number of carbonyl (C=O) groups excluding carboxylic acids is 2. The van der Waals surface area contributed by atoms with Crippen molar-refractivity contribution in [3.63, 3.8) is 0 Å². The third-order valence-corrected chi connectivity index (χ3v) is 7.82. The molecule has 0 spiro atoms. The summed E-state index contributed by atoms with van der Waals surface area (Å²) in [4.78, 5) is 27.1. The lowest BCUT2D eigenvalue weighted by Crippen LogP contribution is -2.32. The van der Waals surface area contributed by atoms with Crippen LogP contribution in [0.25, 0.3) is 5.76 Å². The summed E-state index contributed by atoms with van der Waals surface area (Å²) >= 11 is 0. The molecule has 1 heterocycles. The van der Waals surface area contributed by atoms with Crippen molar-refractivity contribution in [3.05, 3.63) is 65.2 Å². The van der Waals surface area contributed by atoms with Crippen LogP contribution in [0.1, 0.15) is 31.0 Å². The summed E-state index contributed by atoms with van der Waals surface area (Å²) in [5.41, 5.74) is 0.605. The molecule has 0 radical (unpaired) electrons. The minimum Gasteiger partial charge on any atom is -0.508 e. The van der Waals surface area contributed by atoms with Gasteiger partial charge >= 0.3 is 0 Å². The van der Waals surface area contributed by atoms with Gasteiger partial charge in [-0.05, 0) is 42.0 Å². The first-order chi connectivity index (χ1) is 16.2. The number of Topliss-reactive ketones (excluding diaryl/α,β-unsaturated/α-hetero) is 1. The molecule has 34 heavy (non-hydrogen) atoms. The van der Waals surface area contributed by atoms with Gasteiger partial charge in [-0.25, -0.2) is 8.42 Å². The van der Waals surface area contributed by atoms with E-state index < -0.39 is 33.5 Å². The van der Waals surface area contributed by atoms with Crippen LogP contribution >= 0.6 is 0 Å². The Balaban J connectivity index is 2.09. The monoisotopic (exact) mass is 488 g/mol. The first-order valence-electron chi connectivity index (χ1n) is 10.8. The lowest BCUT2D eigenvalue weighted by atomic mass is 9.95. The van der Waals surface area contributed by atoms with E-state index in [0.717, 1.165) is 0 Å². The molecule has 9 nitrogen and oxygen atoms in total. The molecular weight excluding hydrogens is 460 g/mol. The molecule has 1 saturated heterocycles. The van der Waals surface area contributed by atoms with E-state index in [0.29, 0.717) is 18.7 Å². The van der Waals surface area contributed by atoms with Gasteiger partial charge < -0.3 is 19.8 Å². The number of amides is 1. The van der Waals surface area contributed by atoms with E-state index in [9.17, 15) is 28.2 Å². The van der Waals surface area contributed by atoms with Crippen LogP contribution in [0.3, 0.4) is 0 Å². The number of hydrogen-bond acceptors (Lipinski definition) is 7. The SMILES string of the molecule is CCN(CC)S(=O)(=O)c1ccc(C(O)=C2C(=O)C(=O)N(CCOC)C2c2ccc(O)cc2)cc1. The Morgan fingerprint density at radius 3 is 2.15 bits per heavy atom. The fourth-order valence-corrected chi connectivity index (χ4v) is 5.41. The predicted molar refractivity (Wildman–Crippen MR) is 126 cm³/mol. The zero-order valence-electron chi connectivity index (χ0n) is 19.3. The second-order valence-corrected chi connectivity index (χ2v) is 9.63. The van der Waals surface area contributed by atoms with Crippen molar-refractivity contribution < 1.29 is 33.0 Å². The van der Waals surface area contributed by atoms with Gasteiger partial charge in [0.25, 0.3) is 11.7 Å². The smallest absolute Gasteiger partial charge is 0.295 e. The first-order valence-corrected chi connectivity index (χ1v) is 12.3. The van der Waals surface area contributed by atoms with Gasteiger partial charge in [-0.15, -0.1) is 0 Å². The fourth-order valence-electron chi connectivity index (χ4n) is 3.96. The molecule has 0 aromatic heterocycles. The minimum atomic E-state index is -3.69. The molecule has 2 aromatic rings. The van der Waals surface area contributed by atoms with Crippen molar-refractivity contribution in [2.45, 2.75) is 24.8 Å². The highest BCUT2D eigenvalue weighted by Gasteiger charge is 2.45. The zero-order chi connectivity index (χ0) is 25.0. The molecule has 0 saturated carbocycles. The zero-order valence-corrected chi connectivity index (χ0v) is 20.1. The Morgan fingerprint density at radius 1 is 1.03 bits per heavy atom. The Bertz CT molecular complexity index is 1180. The number of ether oxygens (including phenoxy) is 1. The molecule has 1 unspecified atom stereocenters. The topological polar surface area (TPSA) is 124 Å². The molecule has 0 bridgehead atoms. The average molecular weight is 489 g/mol. The van der Waals surface area contributed by atoms with Crippen molar-refractivity contribution in [3.8, 4) is 5.75 Å². The molecule has 1 aliphatic rings. The number of aliphatic hydroxyl groups excluding tert-OH is 1. The van der Waals surface area contributed by atoms with Gasteiger partial charge in [-0.1, -0.05) is 26.0 Å². The van der Waals surface area contributed by atoms with Crippen molar-refractivity contribution in [1.82, 2.24) is 9.21 Å². The molecule has 10 heteroatoms. The van der Waals surface area contributed by atoms with Crippen molar-refractivity contribution in [2.24, 2.45) is 0 Å². The molecule has 182 valence electrons. The van der Waals surface area contributed by atoms with Gasteiger partial charge in [0.05, 0.1) is 23.1 Å². The van der Waals surface area contributed by atoms with E-state index in [1.807, 2.05) is 0 Å². The van der Waals surface area contributed by atoms with E-state index in [1.165, 1.54) is 52.7 Å². The maximum absolute atomic E-state index is 12.9. The van der Waals surface area contributed by atoms with E-state index in [4.69, 9.17) is 4.74 Å². The van der Waals surface area contributed by atoms with Crippen LogP contribution in [0.5, 0.6) is 5.75 Å². The molecule has 1 amide bonds. The van der Waals surface area contributed by atoms with Crippen LogP contribution in [-0.4, -0.2) is 72.9 Å². The summed E-state index contributed by atoms with van der Waals surface area (Å²) in [5, 5.41) is 20.7. The number of rotatable bonds is 9. The van der Waals surface area contributed by atoms with Gasteiger partial charge in [0, 0.05) is 32.3 Å². The number of benzene rings is 2. The Kier molecular flexibility index (Phi) is 7.75. The van der Waals surface area contributed by atoms with Gasteiger partial charge in [-0.3, -0.25) is 9.59 Å². The lowest BCUT2D eigenvalue weighted by molar-refractivity contribution is -0.140. The highest BCUT2D eigenvalue weighted by molar-refractivity contribution is 7.89. The molecule has 2 aromatic carbocycles. The average Bonchev–Trinajstić information content (AvgIpc) is 3.08. The minimum absolute atomic E-state index is 0.0163. The fraction of sp³-hybridized carbons (Fsp3) is 0.333. The number of nitrogens with zero attached hydrogens (tertiary/aromatic N) is 2. The van der Waals surface area contributed by atoms with Crippen LogP contribution in [0.4, 0.5) is 0 Å². The number of carbonyl (C=O) groups is 2. The van der Waals surface area contributed by atoms with E-state index >= 15 is 0 Å². The Hall–Kier alpha value is -3.21. The summed E-state index contributed by atoms with van der Waals surface area (Å²) in [6.07, 6.45) is 0. The predicted octanol–water partition coefficient (Wildman–Crippen LogP) is 2.49. The maximum Gasteiger partial charge on any atom is 0.295 e. The summed E-state index contributed by atoms with van der Waals surface area (Å²) in [5.74, 6) is -2.03. The van der Waals surface area contributed by atoms with Crippen LogP contribution in [0.2, 0.25) is 0 Å².